The summed E-state index contributed by atoms with van der Waals surface area (Å²) in [7, 11) is 3.33. The Morgan fingerprint density at radius 1 is 1.26 bits per heavy atom. The van der Waals surface area contributed by atoms with E-state index in [0.717, 1.165) is 0 Å². The van der Waals surface area contributed by atoms with Crippen molar-refractivity contribution < 1.29 is 9.59 Å². The van der Waals surface area contributed by atoms with Crippen LogP contribution < -0.4 is 5.32 Å². The molecule has 2 amide bonds. The number of anilines is 1. The maximum Gasteiger partial charge on any atom is 0.254 e. The lowest BCUT2D eigenvalue weighted by atomic mass is 10.1. The quantitative estimate of drug-likeness (QED) is 0.911. The number of hydrogen-bond acceptors (Lipinski definition) is 2. The van der Waals surface area contributed by atoms with Crippen molar-refractivity contribution in [3.63, 3.8) is 0 Å². The minimum absolute atomic E-state index is 0.0649. The van der Waals surface area contributed by atoms with Gasteiger partial charge in [-0.15, -0.1) is 0 Å². The molecule has 122 valence electrons. The molecule has 2 rings (SSSR count). The van der Waals surface area contributed by atoms with E-state index in [4.69, 9.17) is 11.6 Å². The molecule has 0 aliphatic heterocycles. The molecule has 23 heavy (non-hydrogen) atoms. The molecule has 0 fully saturated rings. The third-order valence-corrected chi connectivity index (χ3v) is 3.82. The van der Waals surface area contributed by atoms with Gasteiger partial charge < -0.3 is 14.8 Å². The first-order valence-corrected chi connectivity index (χ1v) is 7.70. The van der Waals surface area contributed by atoms with Crippen molar-refractivity contribution in [2.24, 2.45) is 0 Å². The smallest absolute Gasteiger partial charge is 0.254 e. The molecule has 0 unspecified atom stereocenters. The molecule has 2 aromatic rings. The van der Waals surface area contributed by atoms with Gasteiger partial charge in [0.1, 0.15) is 0 Å². The highest BCUT2D eigenvalue weighted by Gasteiger charge is 2.14. The Balaban J connectivity index is 2.01. The van der Waals surface area contributed by atoms with Gasteiger partial charge in [-0.05, 0) is 37.3 Å². The van der Waals surface area contributed by atoms with Crippen LogP contribution in [0.15, 0.2) is 42.7 Å². The van der Waals surface area contributed by atoms with Crippen molar-refractivity contribution >= 4 is 29.1 Å². The molecule has 0 aliphatic rings. The summed E-state index contributed by atoms with van der Waals surface area (Å²) in [5.41, 5.74) is 0.991. The van der Waals surface area contributed by atoms with E-state index in [9.17, 15) is 9.59 Å². The normalized spacial score (nSPS) is 11.8. The van der Waals surface area contributed by atoms with Gasteiger partial charge in [0.2, 0.25) is 5.91 Å². The van der Waals surface area contributed by atoms with Crippen molar-refractivity contribution in [1.29, 1.82) is 0 Å². The number of carbonyl (C=O) groups is 2. The van der Waals surface area contributed by atoms with E-state index in [-0.39, 0.29) is 17.9 Å². The van der Waals surface area contributed by atoms with E-state index in [1.54, 1.807) is 32.3 Å². The van der Waals surface area contributed by atoms with E-state index >= 15 is 0 Å². The van der Waals surface area contributed by atoms with E-state index in [0.29, 0.717) is 22.7 Å². The number of carbonyl (C=O) groups excluding carboxylic acids is 2. The molecule has 0 spiro atoms. The van der Waals surface area contributed by atoms with Crippen molar-refractivity contribution in [2.45, 2.75) is 19.4 Å². The summed E-state index contributed by atoms with van der Waals surface area (Å²) in [4.78, 5) is 25.5. The molecule has 5 nitrogen and oxygen atoms in total. The van der Waals surface area contributed by atoms with E-state index < -0.39 is 0 Å². The van der Waals surface area contributed by atoms with Gasteiger partial charge in [0.05, 0.1) is 10.6 Å². The van der Waals surface area contributed by atoms with Crippen LogP contribution >= 0.6 is 11.6 Å². The predicted molar refractivity (Wildman–Crippen MR) is 91.9 cm³/mol. The van der Waals surface area contributed by atoms with E-state index in [1.165, 1.54) is 4.90 Å². The van der Waals surface area contributed by atoms with Gasteiger partial charge in [-0.2, -0.15) is 0 Å². The minimum atomic E-state index is -0.172. The molecule has 0 radical (unpaired) electrons. The largest absolute Gasteiger partial charge is 0.351 e. The van der Waals surface area contributed by atoms with Gasteiger partial charge in [-0.3, -0.25) is 9.59 Å². The first-order chi connectivity index (χ1) is 10.9. The lowest BCUT2D eigenvalue weighted by Crippen LogP contribution is -2.22. The Labute approximate surface area is 140 Å². The van der Waals surface area contributed by atoms with Crippen LogP contribution in [0.5, 0.6) is 0 Å². The number of rotatable bonds is 5. The zero-order valence-electron chi connectivity index (χ0n) is 13.4. The highest BCUT2D eigenvalue weighted by molar-refractivity contribution is 6.34. The molecule has 1 aromatic carbocycles. The van der Waals surface area contributed by atoms with E-state index in [1.807, 2.05) is 36.0 Å². The average Bonchev–Trinajstić information content (AvgIpc) is 3.00. The van der Waals surface area contributed by atoms with Gasteiger partial charge in [0.25, 0.3) is 5.91 Å². The SMILES string of the molecule is C[C@@H](CC(=O)Nc1ccc(C(=O)N(C)C)c(Cl)c1)n1cccc1. The lowest BCUT2D eigenvalue weighted by Gasteiger charge is -2.15. The maximum atomic E-state index is 12.1. The number of nitrogens with one attached hydrogen (secondary N) is 1. The molecule has 1 heterocycles. The van der Waals surface area contributed by atoms with Crippen LogP contribution in [-0.4, -0.2) is 35.4 Å². The summed E-state index contributed by atoms with van der Waals surface area (Å²) in [5.74, 6) is -0.275. The third-order valence-electron chi connectivity index (χ3n) is 3.51. The van der Waals surface area contributed by atoms with Gasteiger partial charge in [0, 0.05) is 44.6 Å². The number of nitrogens with zero attached hydrogens (tertiary/aromatic N) is 2. The fourth-order valence-corrected chi connectivity index (χ4v) is 2.50. The van der Waals surface area contributed by atoms with Crippen molar-refractivity contribution in [3.05, 3.63) is 53.3 Å². The monoisotopic (exact) mass is 333 g/mol. The number of amides is 2. The molecule has 1 atom stereocenters. The second-order valence-corrected chi connectivity index (χ2v) is 6.03. The molecular weight excluding hydrogens is 314 g/mol. The van der Waals surface area contributed by atoms with Crippen molar-refractivity contribution in [1.82, 2.24) is 9.47 Å². The Morgan fingerprint density at radius 3 is 2.48 bits per heavy atom. The average molecular weight is 334 g/mol. The Kier molecular flexibility index (Phi) is 5.45. The number of hydrogen-bond donors (Lipinski definition) is 1. The third kappa shape index (κ3) is 4.36. The standard InChI is InChI=1S/C17H20ClN3O2/c1-12(21-8-4-5-9-21)10-16(22)19-13-6-7-14(15(18)11-13)17(23)20(2)3/h4-9,11-12H,10H2,1-3H3,(H,19,22)/t12-/m0/s1. The van der Waals surface area contributed by atoms with Gasteiger partial charge >= 0.3 is 0 Å². The second-order valence-electron chi connectivity index (χ2n) is 5.63. The summed E-state index contributed by atoms with van der Waals surface area (Å²) in [6.45, 7) is 1.98. The first kappa shape index (κ1) is 17.1. The second kappa shape index (κ2) is 7.33. The summed E-state index contributed by atoms with van der Waals surface area (Å²) >= 11 is 6.14. The zero-order valence-corrected chi connectivity index (χ0v) is 14.2. The van der Waals surface area contributed by atoms with Crippen LogP contribution in [0.2, 0.25) is 5.02 Å². The predicted octanol–water partition coefficient (Wildman–Crippen LogP) is 3.43. The molecule has 0 aliphatic carbocycles. The molecule has 6 heteroatoms. The molecule has 1 N–H and O–H groups in total. The van der Waals surface area contributed by atoms with Crippen LogP contribution in [0.3, 0.4) is 0 Å². The zero-order chi connectivity index (χ0) is 17.0. The minimum Gasteiger partial charge on any atom is -0.351 e. The van der Waals surface area contributed by atoms with Crippen LogP contribution in [0.25, 0.3) is 0 Å². The topological polar surface area (TPSA) is 54.3 Å². The molecule has 0 saturated carbocycles. The van der Waals surface area contributed by atoms with Crippen molar-refractivity contribution in [3.8, 4) is 0 Å². The van der Waals surface area contributed by atoms with Crippen LogP contribution in [0.1, 0.15) is 29.7 Å². The Bertz CT molecular complexity index is 696. The fraction of sp³-hybridized carbons (Fsp3) is 0.294. The van der Waals surface area contributed by atoms with Gasteiger partial charge in [0.15, 0.2) is 0 Å². The van der Waals surface area contributed by atoms with Crippen LogP contribution in [0, 0.1) is 0 Å². The summed E-state index contributed by atoms with van der Waals surface area (Å²) in [6, 6.07) is 8.81. The highest BCUT2D eigenvalue weighted by Crippen LogP contribution is 2.22. The lowest BCUT2D eigenvalue weighted by molar-refractivity contribution is -0.116. The number of benzene rings is 1. The summed E-state index contributed by atoms with van der Waals surface area (Å²) in [6.07, 6.45) is 4.21. The fourth-order valence-electron chi connectivity index (χ4n) is 2.23. The highest BCUT2D eigenvalue weighted by atomic mass is 35.5. The first-order valence-electron chi connectivity index (χ1n) is 7.32. The van der Waals surface area contributed by atoms with Gasteiger partial charge in [-0.1, -0.05) is 11.6 Å². The van der Waals surface area contributed by atoms with Crippen LogP contribution in [0.4, 0.5) is 5.69 Å². The molecule has 0 bridgehead atoms. The summed E-state index contributed by atoms with van der Waals surface area (Å²) in [5, 5.41) is 3.13. The van der Waals surface area contributed by atoms with Crippen molar-refractivity contribution in [2.75, 3.05) is 19.4 Å². The maximum absolute atomic E-state index is 12.1. The number of aromatic nitrogens is 1. The Morgan fingerprint density at radius 2 is 1.91 bits per heavy atom. The molecular formula is C17H20ClN3O2. The number of halogens is 1. The van der Waals surface area contributed by atoms with Gasteiger partial charge in [-0.25, -0.2) is 0 Å². The molecule has 1 aromatic heterocycles. The summed E-state index contributed by atoms with van der Waals surface area (Å²) < 4.78 is 1.98. The molecule has 0 saturated heterocycles. The Hall–Kier alpha value is -2.27. The van der Waals surface area contributed by atoms with E-state index in [2.05, 4.69) is 5.32 Å². The van der Waals surface area contributed by atoms with Crippen LogP contribution in [-0.2, 0) is 4.79 Å².